The Morgan fingerprint density at radius 1 is 1.22 bits per heavy atom. The Morgan fingerprint density at radius 3 is 1.44 bits per heavy atom. The van der Waals surface area contributed by atoms with Gasteiger partial charge in [0.2, 0.25) is 0 Å². The number of carbonyl (C=O) groups excluding carboxylic acids is 2. The molecule has 0 N–H and O–H groups in total. The Balaban J connectivity index is 0. The van der Waals surface area contributed by atoms with Crippen LogP contribution in [0.5, 0.6) is 0 Å². The minimum absolute atomic E-state index is 0. The Kier molecular flexibility index (Phi) is 5.84. The zero-order valence-electron chi connectivity index (χ0n) is 4.92. The topological polar surface area (TPSA) is 80.3 Å². The van der Waals surface area contributed by atoms with Crippen molar-refractivity contribution in [2.75, 3.05) is 0 Å². The fourth-order valence-electron chi connectivity index (χ4n) is 0.0962. The van der Waals surface area contributed by atoms with Crippen molar-refractivity contribution in [3.8, 4) is 0 Å². The van der Waals surface area contributed by atoms with Gasteiger partial charge in [0.05, 0.1) is 0 Å². The van der Waals surface area contributed by atoms with Crippen molar-refractivity contribution in [3.63, 3.8) is 0 Å². The summed E-state index contributed by atoms with van der Waals surface area (Å²) in [7, 11) is 0. The van der Waals surface area contributed by atoms with E-state index in [0.29, 0.717) is 0 Å². The molecule has 0 fully saturated rings. The minimum Gasteiger partial charge on any atom is -0.549 e. The van der Waals surface area contributed by atoms with E-state index in [-0.39, 0.29) is 23.1 Å². The summed E-state index contributed by atoms with van der Waals surface area (Å²) >= 11 is 0. The van der Waals surface area contributed by atoms with Gasteiger partial charge in [-0.05, 0) is 0 Å². The number of aliphatic carboxylic acids is 2. The summed E-state index contributed by atoms with van der Waals surface area (Å²) in [6, 6.07) is 0. The largest absolute Gasteiger partial charge is 2.00 e. The molecule has 0 saturated carbocycles. The summed E-state index contributed by atoms with van der Waals surface area (Å²) in [4.78, 5) is 19.2. The second-order valence-electron chi connectivity index (χ2n) is 1.36. The summed E-state index contributed by atoms with van der Waals surface area (Å²) in [5.41, 5.74) is 0. The van der Waals surface area contributed by atoms with Gasteiger partial charge in [-0.1, -0.05) is 6.92 Å². The average molecular weight is 140 g/mol. The predicted octanol–water partition coefficient (Wildman–Crippen LogP) is -3.26. The summed E-state index contributed by atoms with van der Waals surface area (Å²) in [5.74, 6) is -4.76. The number of hydrogen-bond donors (Lipinski definition) is 0. The van der Waals surface area contributed by atoms with Crippen LogP contribution in [-0.4, -0.2) is 35.0 Å². The molecule has 5 heteroatoms. The van der Waals surface area contributed by atoms with Crippen molar-refractivity contribution >= 4 is 35.0 Å². The van der Waals surface area contributed by atoms with Gasteiger partial charge < -0.3 is 19.8 Å². The van der Waals surface area contributed by atoms with E-state index in [1.165, 1.54) is 0 Å². The van der Waals surface area contributed by atoms with Crippen LogP contribution in [0.15, 0.2) is 0 Å². The molecule has 0 heterocycles. The molecule has 0 atom stereocenters. The van der Waals surface area contributed by atoms with Crippen molar-refractivity contribution in [3.05, 3.63) is 0 Å². The third-order valence-corrected chi connectivity index (χ3v) is 0.707. The molecule has 9 heavy (non-hydrogen) atoms. The van der Waals surface area contributed by atoms with Crippen LogP contribution in [0.25, 0.3) is 0 Å². The molecule has 0 saturated heterocycles. The maximum absolute atomic E-state index is 9.61. The number of carboxylic acids is 2. The first kappa shape index (κ1) is 11.5. The van der Waals surface area contributed by atoms with E-state index in [9.17, 15) is 19.8 Å². The van der Waals surface area contributed by atoms with Crippen molar-refractivity contribution in [2.45, 2.75) is 6.92 Å². The van der Waals surface area contributed by atoms with E-state index < -0.39 is 17.9 Å². The second-order valence-corrected chi connectivity index (χ2v) is 1.36. The zero-order chi connectivity index (χ0) is 6.73. The van der Waals surface area contributed by atoms with Gasteiger partial charge in [0.1, 0.15) is 0 Å². The fraction of sp³-hybridized carbons (Fsp3) is 0.500. The van der Waals surface area contributed by atoms with Crippen molar-refractivity contribution in [2.24, 2.45) is 5.92 Å². The standard InChI is InChI=1S/C4H6O4.Mg/c1-2(3(5)6)4(7)8;/h2H,1H3,(H,5,6)(H,7,8);/q;+2/p-2. The number of rotatable bonds is 2. The van der Waals surface area contributed by atoms with Crippen molar-refractivity contribution < 1.29 is 19.8 Å². The fourth-order valence-corrected chi connectivity index (χ4v) is 0.0962. The van der Waals surface area contributed by atoms with Gasteiger partial charge in [0.25, 0.3) is 0 Å². The van der Waals surface area contributed by atoms with Gasteiger partial charge in [-0.3, -0.25) is 0 Å². The van der Waals surface area contributed by atoms with Gasteiger partial charge >= 0.3 is 23.1 Å². The van der Waals surface area contributed by atoms with Crippen LogP contribution in [0.4, 0.5) is 0 Å². The maximum Gasteiger partial charge on any atom is 2.00 e. The van der Waals surface area contributed by atoms with Gasteiger partial charge in [-0.15, -0.1) is 0 Å². The first-order valence-corrected chi connectivity index (χ1v) is 1.97. The SMILES string of the molecule is CC(C(=O)[O-])C(=O)[O-].[Mg+2]. The Morgan fingerprint density at radius 2 is 1.44 bits per heavy atom. The summed E-state index contributed by atoms with van der Waals surface area (Å²) < 4.78 is 0. The minimum atomic E-state index is -1.62. The van der Waals surface area contributed by atoms with Crippen LogP contribution in [0.2, 0.25) is 0 Å². The molecule has 0 amide bonds. The van der Waals surface area contributed by atoms with Gasteiger partial charge in [0, 0.05) is 17.9 Å². The van der Waals surface area contributed by atoms with Crippen molar-refractivity contribution in [1.82, 2.24) is 0 Å². The van der Waals surface area contributed by atoms with E-state index in [1.807, 2.05) is 0 Å². The van der Waals surface area contributed by atoms with E-state index >= 15 is 0 Å². The molecule has 0 radical (unpaired) electrons. The molecule has 0 aromatic carbocycles. The molecule has 4 nitrogen and oxygen atoms in total. The van der Waals surface area contributed by atoms with Crippen LogP contribution < -0.4 is 10.2 Å². The summed E-state index contributed by atoms with van der Waals surface area (Å²) in [5, 5.41) is 19.2. The molecule has 0 aliphatic rings. The Hall–Kier alpha value is -0.294. The van der Waals surface area contributed by atoms with E-state index in [4.69, 9.17) is 0 Å². The van der Waals surface area contributed by atoms with E-state index in [1.54, 1.807) is 0 Å². The van der Waals surface area contributed by atoms with Crippen LogP contribution in [0, 0.1) is 5.92 Å². The van der Waals surface area contributed by atoms with E-state index in [0.717, 1.165) is 6.92 Å². The number of carbonyl (C=O) groups is 2. The zero-order valence-corrected chi connectivity index (χ0v) is 6.33. The van der Waals surface area contributed by atoms with Crippen LogP contribution in [0.1, 0.15) is 6.92 Å². The molecule has 0 unspecified atom stereocenters. The Bertz CT molecular complexity index is 108. The monoisotopic (exact) mass is 140 g/mol. The molecule has 0 bridgehead atoms. The van der Waals surface area contributed by atoms with Crippen LogP contribution in [-0.2, 0) is 9.59 Å². The van der Waals surface area contributed by atoms with Crippen LogP contribution >= 0.6 is 0 Å². The van der Waals surface area contributed by atoms with E-state index in [2.05, 4.69) is 0 Å². The third kappa shape index (κ3) is 4.23. The molecule has 0 aliphatic carbocycles. The quantitative estimate of drug-likeness (QED) is 0.298. The van der Waals surface area contributed by atoms with Crippen LogP contribution in [0.3, 0.4) is 0 Å². The molecule has 0 aromatic rings. The number of hydrogen-bond acceptors (Lipinski definition) is 4. The molecular weight excluding hydrogens is 136 g/mol. The maximum atomic E-state index is 9.61. The Labute approximate surface area is 68.0 Å². The number of carboxylic acid groups (broad SMARTS) is 2. The molecule has 0 aliphatic heterocycles. The first-order valence-electron chi connectivity index (χ1n) is 1.97. The third-order valence-electron chi connectivity index (χ3n) is 0.707. The van der Waals surface area contributed by atoms with Gasteiger partial charge in [0.15, 0.2) is 0 Å². The second kappa shape index (κ2) is 4.57. The first-order chi connectivity index (χ1) is 3.55. The average Bonchev–Trinajstić information content (AvgIpc) is 1.64. The van der Waals surface area contributed by atoms with Crippen molar-refractivity contribution in [1.29, 1.82) is 0 Å². The molecule has 0 aromatic heterocycles. The molecular formula is C4H4MgO4. The molecule has 0 spiro atoms. The summed E-state index contributed by atoms with van der Waals surface area (Å²) in [6.45, 7) is 0.991. The molecule has 0 rings (SSSR count). The molecule has 46 valence electrons. The summed E-state index contributed by atoms with van der Waals surface area (Å²) in [6.07, 6.45) is 0. The normalized spacial score (nSPS) is 8.22. The van der Waals surface area contributed by atoms with Gasteiger partial charge in [-0.2, -0.15) is 0 Å². The predicted molar refractivity (Wildman–Crippen MR) is 24.9 cm³/mol. The van der Waals surface area contributed by atoms with Gasteiger partial charge in [-0.25, -0.2) is 0 Å². The smallest absolute Gasteiger partial charge is 0.549 e.